The molecule has 2 aromatic carbocycles. The van der Waals surface area contributed by atoms with E-state index in [1.165, 1.54) is 28.9 Å². The Balaban J connectivity index is 1.24. The summed E-state index contributed by atoms with van der Waals surface area (Å²) >= 11 is 10.0. The van der Waals surface area contributed by atoms with Crippen molar-refractivity contribution in [1.82, 2.24) is 25.2 Å². The number of nitrogens with zero attached hydrogens (tertiary/aromatic N) is 5. The molecule has 2 amide bonds. The highest BCUT2D eigenvalue weighted by Gasteiger charge is 2.22. The van der Waals surface area contributed by atoms with Crippen LogP contribution in [0.4, 0.5) is 11.4 Å². The molecule has 2 heterocycles. The molecule has 36 heavy (non-hydrogen) atoms. The quantitative estimate of drug-likeness (QED) is 0.366. The number of carbonyl (C=O) groups excluding carboxylic acids is 2. The SMILES string of the molecule is O=C(NCc1cn(CC(=O)N2CCN(c3cc(Cl)cc(Cl)c3)CC2)nn1)c1ccc(NS(=O)O)cc1. The summed E-state index contributed by atoms with van der Waals surface area (Å²) in [7, 11) is 0. The Labute approximate surface area is 219 Å². The van der Waals surface area contributed by atoms with Crippen molar-refractivity contribution in [2.24, 2.45) is 0 Å². The molecule has 1 aromatic heterocycles. The largest absolute Gasteiger partial charge is 0.368 e. The average molecular weight is 552 g/mol. The predicted octanol–water partition coefficient (Wildman–Crippen LogP) is 2.41. The fourth-order valence-corrected chi connectivity index (χ4v) is 4.59. The first-order chi connectivity index (χ1) is 17.3. The number of nitrogens with one attached hydrogen (secondary N) is 2. The molecule has 0 radical (unpaired) electrons. The third kappa shape index (κ3) is 6.94. The normalized spacial score (nSPS) is 14.4. The van der Waals surface area contributed by atoms with Gasteiger partial charge in [-0.2, -0.15) is 0 Å². The van der Waals surface area contributed by atoms with E-state index in [2.05, 4.69) is 25.3 Å². The van der Waals surface area contributed by atoms with Gasteiger partial charge in [-0.25, -0.2) is 8.89 Å². The van der Waals surface area contributed by atoms with E-state index in [9.17, 15) is 13.8 Å². The summed E-state index contributed by atoms with van der Waals surface area (Å²) in [5.41, 5.74) is 2.23. The van der Waals surface area contributed by atoms with Gasteiger partial charge in [0.2, 0.25) is 5.91 Å². The lowest BCUT2D eigenvalue weighted by Crippen LogP contribution is -2.49. The van der Waals surface area contributed by atoms with Crippen molar-refractivity contribution < 1.29 is 18.4 Å². The smallest absolute Gasteiger partial charge is 0.259 e. The molecule has 3 N–H and O–H groups in total. The Morgan fingerprint density at radius 1 is 1.03 bits per heavy atom. The van der Waals surface area contributed by atoms with Gasteiger partial charge in [0.1, 0.15) is 12.2 Å². The number of halogens is 2. The summed E-state index contributed by atoms with van der Waals surface area (Å²) in [6.07, 6.45) is 1.62. The molecule has 4 rings (SSSR count). The molecule has 1 unspecified atom stereocenters. The third-order valence-electron chi connectivity index (χ3n) is 5.51. The van der Waals surface area contributed by atoms with Gasteiger partial charge in [-0.05, 0) is 42.5 Å². The van der Waals surface area contributed by atoms with Gasteiger partial charge in [0.15, 0.2) is 0 Å². The summed E-state index contributed by atoms with van der Waals surface area (Å²) in [4.78, 5) is 29.0. The second-order valence-electron chi connectivity index (χ2n) is 8.01. The maximum atomic E-state index is 12.7. The van der Waals surface area contributed by atoms with Crippen molar-refractivity contribution in [3.63, 3.8) is 0 Å². The van der Waals surface area contributed by atoms with E-state index >= 15 is 0 Å². The van der Waals surface area contributed by atoms with Crippen LogP contribution in [0.25, 0.3) is 0 Å². The van der Waals surface area contributed by atoms with Crippen LogP contribution in [-0.2, 0) is 29.2 Å². The van der Waals surface area contributed by atoms with Gasteiger partial charge in [-0.3, -0.25) is 18.9 Å². The minimum atomic E-state index is -2.18. The summed E-state index contributed by atoms with van der Waals surface area (Å²) in [5, 5.41) is 11.9. The van der Waals surface area contributed by atoms with Crippen LogP contribution < -0.4 is 14.9 Å². The van der Waals surface area contributed by atoms with Gasteiger partial charge < -0.3 is 15.1 Å². The van der Waals surface area contributed by atoms with Crippen LogP contribution in [-0.4, -0.2) is 66.6 Å². The maximum absolute atomic E-state index is 12.7. The van der Waals surface area contributed by atoms with Crippen molar-refractivity contribution in [3.8, 4) is 0 Å². The lowest BCUT2D eigenvalue weighted by molar-refractivity contribution is -0.132. The molecule has 0 aliphatic carbocycles. The van der Waals surface area contributed by atoms with Crippen LogP contribution in [0, 0.1) is 0 Å². The van der Waals surface area contributed by atoms with E-state index in [1.807, 2.05) is 12.1 Å². The number of aromatic nitrogens is 3. The summed E-state index contributed by atoms with van der Waals surface area (Å²) in [6.45, 7) is 2.61. The first kappa shape index (κ1) is 25.9. The molecule has 1 aliphatic rings. The Hall–Kier alpha value is -3.19. The van der Waals surface area contributed by atoms with Gasteiger partial charge in [0.25, 0.3) is 17.2 Å². The van der Waals surface area contributed by atoms with Crippen molar-refractivity contribution in [2.75, 3.05) is 35.8 Å². The number of hydrogen-bond acceptors (Lipinski definition) is 6. The minimum Gasteiger partial charge on any atom is -0.368 e. The standard InChI is InChI=1S/C22H23Cl2N7O4S/c23-16-9-17(24)11-20(10-16)29-5-7-30(8-6-29)21(32)14-31-13-19(26-28-31)12-25-22(33)15-1-3-18(4-2-15)27-36(34)35/h1-4,9-11,13,27H,5-8,12,14H2,(H,25,33)(H,34,35). The van der Waals surface area contributed by atoms with E-state index < -0.39 is 11.3 Å². The summed E-state index contributed by atoms with van der Waals surface area (Å²) in [6, 6.07) is 11.5. The Morgan fingerprint density at radius 3 is 2.33 bits per heavy atom. The van der Waals surface area contributed by atoms with Crippen LogP contribution in [0.5, 0.6) is 0 Å². The lowest BCUT2D eigenvalue weighted by Gasteiger charge is -2.36. The molecule has 1 atom stereocenters. The van der Waals surface area contributed by atoms with Crippen LogP contribution in [0.1, 0.15) is 16.1 Å². The van der Waals surface area contributed by atoms with Crippen molar-refractivity contribution in [2.45, 2.75) is 13.1 Å². The third-order valence-corrected chi connectivity index (χ3v) is 6.36. The number of benzene rings is 2. The number of carbonyl (C=O) groups is 2. The predicted molar refractivity (Wildman–Crippen MR) is 137 cm³/mol. The minimum absolute atomic E-state index is 0.0463. The van der Waals surface area contributed by atoms with Gasteiger partial charge in [0, 0.05) is 53.2 Å². The second kappa shape index (κ2) is 11.7. The molecule has 1 saturated heterocycles. The summed E-state index contributed by atoms with van der Waals surface area (Å²) < 4.78 is 23.4. The number of amides is 2. The zero-order chi connectivity index (χ0) is 25.7. The van der Waals surface area contributed by atoms with Crippen LogP contribution in [0.15, 0.2) is 48.7 Å². The fourth-order valence-electron chi connectivity index (χ4n) is 3.73. The van der Waals surface area contributed by atoms with Crippen molar-refractivity contribution >= 4 is 57.7 Å². The Kier molecular flexibility index (Phi) is 8.41. The van der Waals surface area contributed by atoms with E-state index in [0.29, 0.717) is 53.2 Å². The van der Waals surface area contributed by atoms with Crippen molar-refractivity contribution in [3.05, 3.63) is 70.0 Å². The zero-order valence-corrected chi connectivity index (χ0v) is 21.3. The molecule has 1 aliphatic heterocycles. The topological polar surface area (TPSA) is 133 Å². The van der Waals surface area contributed by atoms with Gasteiger partial charge in [-0.15, -0.1) is 5.10 Å². The lowest BCUT2D eigenvalue weighted by atomic mass is 10.2. The molecular weight excluding hydrogens is 529 g/mol. The number of piperazine rings is 1. The maximum Gasteiger partial charge on any atom is 0.259 e. The second-order valence-corrected chi connectivity index (χ2v) is 9.59. The average Bonchev–Trinajstić information content (AvgIpc) is 3.29. The van der Waals surface area contributed by atoms with Crippen LogP contribution in [0.3, 0.4) is 0 Å². The molecular formula is C22H23Cl2N7O4S. The molecule has 1 fully saturated rings. The highest BCUT2D eigenvalue weighted by Crippen LogP contribution is 2.26. The highest BCUT2D eigenvalue weighted by molar-refractivity contribution is 7.80. The van der Waals surface area contributed by atoms with Gasteiger partial charge in [-0.1, -0.05) is 28.4 Å². The number of hydrogen-bond donors (Lipinski definition) is 3. The molecule has 190 valence electrons. The van der Waals surface area contributed by atoms with Crippen LogP contribution in [0.2, 0.25) is 10.0 Å². The Bertz CT molecular complexity index is 1240. The fraction of sp³-hybridized carbons (Fsp3) is 0.273. The molecule has 3 aromatic rings. The molecule has 14 heteroatoms. The number of rotatable bonds is 8. The van der Waals surface area contributed by atoms with E-state index in [-0.39, 0.29) is 24.9 Å². The van der Waals surface area contributed by atoms with Crippen molar-refractivity contribution in [1.29, 1.82) is 0 Å². The van der Waals surface area contributed by atoms with Crippen LogP contribution >= 0.6 is 23.2 Å². The van der Waals surface area contributed by atoms with Gasteiger partial charge in [0.05, 0.1) is 12.7 Å². The molecule has 0 saturated carbocycles. The van der Waals surface area contributed by atoms with E-state index in [4.69, 9.17) is 27.8 Å². The van der Waals surface area contributed by atoms with E-state index in [1.54, 1.807) is 17.2 Å². The first-order valence-electron chi connectivity index (χ1n) is 10.9. The van der Waals surface area contributed by atoms with E-state index in [0.717, 1.165) is 5.69 Å². The monoisotopic (exact) mass is 551 g/mol. The first-order valence-corrected chi connectivity index (χ1v) is 12.8. The number of anilines is 2. The zero-order valence-electron chi connectivity index (χ0n) is 18.9. The molecule has 0 bridgehead atoms. The molecule has 11 nitrogen and oxygen atoms in total. The molecule has 0 spiro atoms. The Morgan fingerprint density at radius 2 is 1.69 bits per heavy atom. The van der Waals surface area contributed by atoms with Gasteiger partial charge >= 0.3 is 0 Å². The summed E-state index contributed by atoms with van der Waals surface area (Å²) in [5.74, 6) is -0.409. The highest BCUT2D eigenvalue weighted by atomic mass is 35.5.